The van der Waals surface area contributed by atoms with Crippen molar-refractivity contribution in [1.29, 1.82) is 0 Å². The minimum atomic E-state index is -1.96. The van der Waals surface area contributed by atoms with Crippen LogP contribution in [0.15, 0.2) is 0 Å². The topological polar surface area (TPSA) is 100 Å². The molecular weight excluding hydrogens is 299 g/mol. The molecule has 5 nitrogen and oxygen atoms in total. The van der Waals surface area contributed by atoms with Crippen molar-refractivity contribution in [2.45, 2.75) is 12.5 Å². The Labute approximate surface area is 161 Å². The third-order valence-electron chi connectivity index (χ3n) is 0.632. The van der Waals surface area contributed by atoms with E-state index in [1.165, 1.54) is 0 Å². The molecule has 52 valence electrons. The van der Waals surface area contributed by atoms with Crippen molar-refractivity contribution in [2.24, 2.45) is 0 Å². The summed E-state index contributed by atoms with van der Waals surface area (Å²) in [6.07, 6.45) is -2.89. The number of hydrogen-bond acceptors (Lipinski definition) is 5. The summed E-state index contributed by atoms with van der Waals surface area (Å²) in [5.74, 6) is -3.43. The first-order valence-electron chi connectivity index (χ1n) is 2.13. The van der Waals surface area contributed by atoms with Crippen molar-refractivity contribution < 1.29 is 141 Å². The number of hydrogen-bond donors (Lipinski definition) is 1. The van der Waals surface area contributed by atoms with Gasteiger partial charge in [0.1, 0.15) is 0 Å². The quantitative estimate of drug-likeness (QED) is 0.558. The average molecular weight is 303 g/mol. The van der Waals surface area contributed by atoms with Crippen LogP contribution in [-0.4, -0.2) is 23.1 Å². The van der Waals surface area contributed by atoms with E-state index in [1.807, 2.05) is 0 Å². The molecule has 7 heteroatoms. The zero-order chi connectivity index (χ0) is 7.44. The number of carbonyl (C=O) groups excluding carboxylic acids is 2. The molecule has 0 aromatic carbocycles. The molecule has 1 atom stereocenters. The summed E-state index contributed by atoms with van der Waals surface area (Å²) in [5.41, 5.74) is 0. The number of aliphatic hydroxyl groups excluding tert-OH is 1. The molecule has 0 aromatic heterocycles. The average Bonchev–Trinajstić information content (AvgIpc) is 1.63. The first-order chi connectivity index (χ1) is 4.04. The van der Waals surface area contributed by atoms with Crippen molar-refractivity contribution in [3.63, 3.8) is 0 Å². The molecule has 0 aliphatic rings. The molecule has 0 radical (unpaired) electrons. The van der Waals surface area contributed by atoms with Gasteiger partial charge in [0.05, 0.1) is 12.1 Å². The van der Waals surface area contributed by atoms with Crippen LogP contribution in [0.4, 0.5) is 0 Å². The summed E-state index contributed by atoms with van der Waals surface area (Å²) in [7, 11) is 0. The van der Waals surface area contributed by atoms with Crippen LogP contribution in [0.2, 0.25) is 0 Å². The second-order valence-electron chi connectivity index (χ2n) is 1.41. The van der Waals surface area contributed by atoms with E-state index >= 15 is 0 Å². The zero-order valence-corrected chi connectivity index (χ0v) is 16.2. The third-order valence-corrected chi connectivity index (χ3v) is 0.632. The minimum absolute atomic E-state index is 0. The Bertz CT molecular complexity index is 136. The molecule has 0 fully saturated rings. The van der Waals surface area contributed by atoms with Crippen molar-refractivity contribution >= 4 is 11.9 Å². The normalized spacial score (nSPS) is 10.3. The summed E-state index contributed by atoms with van der Waals surface area (Å²) in [5, 5.41) is 27.3. The molecule has 0 aliphatic carbocycles. The van der Waals surface area contributed by atoms with E-state index in [0.29, 0.717) is 0 Å². The molecule has 0 bridgehead atoms. The molecule has 0 aromatic rings. The minimum Gasteiger partial charge on any atom is -0.550 e. The molecule has 0 amide bonds. The maximum absolute atomic E-state index is 9.58. The SMILES string of the molecule is O=C([O-])C[C@H](O)C(=O)[O-].[Rb+].[Rb+]. The van der Waals surface area contributed by atoms with Crippen LogP contribution in [0.3, 0.4) is 0 Å². The van der Waals surface area contributed by atoms with Crippen LogP contribution in [-0.2, 0) is 9.59 Å². The third kappa shape index (κ3) is 12.5. The van der Waals surface area contributed by atoms with Gasteiger partial charge in [-0.2, -0.15) is 0 Å². The molecule has 0 rings (SSSR count). The number of carboxylic acids is 2. The monoisotopic (exact) mass is 302 g/mol. The van der Waals surface area contributed by atoms with Crippen LogP contribution in [0.1, 0.15) is 6.42 Å². The predicted molar refractivity (Wildman–Crippen MR) is 20.6 cm³/mol. The molecule has 0 spiro atoms. The van der Waals surface area contributed by atoms with E-state index in [-0.39, 0.29) is 116 Å². The van der Waals surface area contributed by atoms with Gasteiger partial charge in [-0.1, -0.05) is 0 Å². The summed E-state index contributed by atoms with van der Waals surface area (Å²) < 4.78 is 0. The standard InChI is InChI=1S/C4H6O5.2Rb/c5-2(4(8)9)1-3(6)7;;/h2,5H,1H2,(H,6,7)(H,8,9);;/q;2*+1/p-2/t2-;;/m0../s1. The van der Waals surface area contributed by atoms with Gasteiger partial charge in [0, 0.05) is 12.4 Å². The Balaban J connectivity index is -0.000000320. The molecular formula is C4H4O5Rb2. The van der Waals surface area contributed by atoms with Crippen LogP contribution in [0, 0.1) is 0 Å². The van der Waals surface area contributed by atoms with E-state index in [4.69, 9.17) is 5.11 Å². The van der Waals surface area contributed by atoms with E-state index in [9.17, 15) is 19.8 Å². The van der Waals surface area contributed by atoms with Crippen molar-refractivity contribution in [3.05, 3.63) is 0 Å². The predicted octanol–water partition coefficient (Wildman–Crippen LogP) is -9.75. The maximum Gasteiger partial charge on any atom is 1.00 e. The van der Waals surface area contributed by atoms with Crippen LogP contribution < -0.4 is 127 Å². The van der Waals surface area contributed by atoms with Gasteiger partial charge < -0.3 is 24.9 Å². The second kappa shape index (κ2) is 10.6. The van der Waals surface area contributed by atoms with Gasteiger partial charge in [-0.3, -0.25) is 0 Å². The fourth-order valence-electron chi connectivity index (χ4n) is 0.241. The van der Waals surface area contributed by atoms with Crippen LogP contribution in [0.25, 0.3) is 0 Å². The first-order valence-corrected chi connectivity index (χ1v) is 2.13. The smallest absolute Gasteiger partial charge is 0.550 e. The van der Waals surface area contributed by atoms with Gasteiger partial charge in [-0.05, 0) is 0 Å². The fraction of sp³-hybridized carbons (Fsp3) is 0.500. The molecule has 0 saturated carbocycles. The Hall–Kier alpha value is 2.51. The molecule has 0 saturated heterocycles. The number of carboxylic acid groups (broad SMARTS) is 2. The molecule has 11 heavy (non-hydrogen) atoms. The summed E-state index contributed by atoms with van der Waals surface area (Å²) in [6.45, 7) is 0. The van der Waals surface area contributed by atoms with Gasteiger partial charge in [-0.25, -0.2) is 0 Å². The van der Waals surface area contributed by atoms with Gasteiger partial charge >= 0.3 is 116 Å². The number of carbonyl (C=O) groups is 2. The van der Waals surface area contributed by atoms with Gasteiger partial charge in [0.2, 0.25) is 0 Å². The summed E-state index contributed by atoms with van der Waals surface area (Å²) in [6, 6.07) is 0. The summed E-state index contributed by atoms with van der Waals surface area (Å²) >= 11 is 0. The molecule has 0 aliphatic heterocycles. The maximum atomic E-state index is 9.58. The van der Waals surface area contributed by atoms with Crippen molar-refractivity contribution in [2.75, 3.05) is 0 Å². The number of rotatable bonds is 3. The van der Waals surface area contributed by atoms with Crippen LogP contribution >= 0.6 is 0 Å². The van der Waals surface area contributed by atoms with Crippen molar-refractivity contribution in [1.82, 2.24) is 0 Å². The first kappa shape index (κ1) is 19.1. The second-order valence-corrected chi connectivity index (χ2v) is 1.41. The number of aliphatic hydroxyl groups is 1. The van der Waals surface area contributed by atoms with Gasteiger partial charge in [0.25, 0.3) is 0 Å². The van der Waals surface area contributed by atoms with Gasteiger partial charge in [-0.15, -0.1) is 0 Å². The van der Waals surface area contributed by atoms with Crippen LogP contribution in [0.5, 0.6) is 0 Å². The fourth-order valence-corrected chi connectivity index (χ4v) is 0.241. The molecule has 0 heterocycles. The molecule has 0 unspecified atom stereocenters. The number of aliphatic carboxylic acids is 2. The van der Waals surface area contributed by atoms with E-state index < -0.39 is 24.5 Å². The van der Waals surface area contributed by atoms with E-state index in [0.717, 1.165) is 0 Å². The Morgan fingerprint density at radius 2 is 1.64 bits per heavy atom. The van der Waals surface area contributed by atoms with Crippen molar-refractivity contribution in [3.8, 4) is 0 Å². The molecule has 1 N–H and O–H groups in total. The van der Waals surface area contributed by atoms with Gasteiger partial charge in [0.15, 0.2) is 0 Å². The Kier molecular flexibility index (Phi) is 18.4. The Morgan fingerprint density at radius 1 is 1.27 bits per heavy atom. The largest absolute Gasteiger partial charge is 1.00 e. The Morgan fingerprint density at radius 3 is 1.73 bits per heavy atom. The van der Waals surface area contributed by atoms with E-state index in [2.05, 4.69) is 0 Å². The summed E-state index contributed by atoms with van der Waals surface area (Å²) in [4.78, 5) is 19.1. The zero-order valence-electron chi connectivity index (χ0n) is 6.36. The van der Waals surface area contributed by atoms with E-state index in [1.54, 1.807) is 0 Å².